The zero-order valence-electron chi connectivity index (χ0n) is 12.8. The van der Waals surface area contributed by atoms with Crippen LogP contribution in [0.25, 0.3) is 0 Å². The second-order valence-electron chi connectivity index (χ2n) is 4.62. The molecule has 1 aromatic heterocycles. The van der Waals surface area contributed by atoms with Gasteiger partial charge in [-0.2, -0.15) is 15.0 Å². The first kappa shape index (κ1) is 17.4. The van der Waals surface area contributed by atoms with Crippen molar-refractivity contribution in [1.29, 1.82) is 0 Å². The first-order valence-electron chi connectivity index (χ1n) is 7.21. The molecule has 0 unspecified atom stereocenters. The van der Waals surface area contributed by atoms with E-state index in [0.29, 0.717) is 18.4 Å². The Bertz CT molecular complexity index is 466. The van der Waals surface area contributed by atoms with Gasteiger partial charge in [-0.15, -0.1) is 0 Å². The van der Waals surface area contributed by atoms with E-state index in [4.69, 9.17) is 17.3 Å². The number of aromatic nitrogens is 3. The molecule has 1 heterocycles. The highest BCUT2D eigenvalue weighted by atomic mass is 35.5. The molecule has 1 amide bonds. The maximum atomic E-state index is 11.2. The molecule has 118 valence electrons. The number of unbranched alkanes of at least 4 members (excludes halogenated alkanes) is 1. The Hall–Kier alpha value is -1.63. The third-order valence-electron chi connectivity index (χ3n) is 3.04. The van der Waals surface area contributed by atoms with Gasteiger partial charge in [0.05, 0.1) is 6.54 Å². The quantitative estimate of drug-likeness (QED) is 0.742. The number of halogens is 1. The van der Waals surface area contributed by atoms with Crippen LogP contribution in [0.15, 0.2) is 0 Å². The van der Waals surface area contributed by atoms with Gasteiger partial charge >= 0.3 is 0 Å². The minimum absolute atomic E-state index is 0.0675. The summed E-state index contributed by atoms with van der Waals surface area (Å²) in [4.78, 5) is 27.6. The van der Waals surface area contributed by atoms with E-state index in [1.165, 1.54) is 0 Å². The van der Waals surface area contributed by atoms with Crippen molar-refractivity contribution in [3.63, 3.8) is 0 Å². The largest absolute Gasteiger partial charge is 0.368 e. The molecule has 2 N–H and O–H groups in total. The van der Waals surface area contributed by atoms with Crippen molar-refractivity contribution < 1.29 is 4.79 Å². The van der Waals surface area contributed by atoms with Crippen LogP contribution in [0.1, 0.15) is 33.6 Å². The van der Waals surface area contributed by atoms with Gasteiger partial charge in [-0.3, -0.25) is 4.79 Å². The topological polar surface area (TPSA) is 88.2 Å². The van der Waals surface area contributed by atoms with Crippen LogP contribution in [0.4, 0.5) is 11.9 Å². The van der Waals surface area contributed by atoms with Crippen molar-refractivity contribution in [2.75, 3.05) is 36.0 Å². The van der Waals surface area contributed by atoms with Gasteiger partial charge in [0, 0.05) is 19.6 Å². The summed E-state index contributed by atoms with van der Waals surface area (Å²) in [6.07, 6.45) is 1.91. The third-order valence-corrected chi connectivity index (χ3v) is 3.21. The summed E-state index contributed by atoms with van der Waals surface area (Å²) >= 11 is 5.99. The maximum absolute atomic E-state index is 11.2. The Morgan fingerprint density at radius 2 is 1.67 bits per heavy atom. The van der Waals surface area contributed by atoms with Crippen molar-refractivity contribution in [3.05, 3.63) is 5.28 Å². The van der Waals surface area contributed by atoms with Crippen LogP contribution in [-0.2, 0) is 4.79 Å². The molecule has 0 aliphatic carbocycles. The molecule has 21 heavy (non-hydrogen) atoms. The Labute approximate surface area is 130 Å². The summed E-state index contributed by atoms with van der Waals surface area (Å²) in [6, 6.07) is 0. The van der Waals surface area contributed by atoms with E-state index in [1.807, 2.05) is 18.7 Å². The summed E-state index contributed by atoms with van der Waals surface area (Å²) in [5.74, 6) is 0.483. The van der Waals surface area contributed by atoms with Crippen molar-refractivity contribution in [2.45, 2.75) is 33.6 Å². The fraction of sp³-hybridized carbons (Fsp3) is 0.692. The summed E-state index contributed by atoms with van der Waals surface area (Å²) < 4.78 is 0. The van der Waals surface area contributed by atoms with Gasteiger partial charge in [0.15, 0.2) is 0 Å². The average Bonchev–Trinajstić information content (AvgIpc) is 2.44. The predicted octanol–water partition coefficient (Wildman–Crippen LogP) is 1.46. The van der Waals surface area contributed by atoms with Gasteiger partial charge in [0.1, 0.15) is 0 Å². The number of carbonyl (C=O) groups is 1. The van der Waals surface area contributed by atoms with E-state index in [1.54, 1.807) is 4.90 Å². The number of nitrogens with two attached hydrogens (primary N) is 1. The van der Waals surface area contributed by atoms with Gasteiger partial charge in [-0.25, -0.2) is 0 Å². The molecule has 8 heteroatoms. The summed E-state index contributed by atoms with van der Waals surface area (Å²) in [7, 11) is 0. The average molecular weight is 315 g/mol. The summed E-state index contributed by atoms with van der Waals surface area (Å²) in [6.45, 7) is 8.35. The first-order valence-corrected chi connectivity index (χ1v) is 7.59. The fourth-order valence-electron chi connectivity index (χ4n) is 1.91. The van der Waals surface area contributed by atoms with Gasteiger partial charge in [0.2, 0.25) is 23.1 Å². The standard InChI is InChI=1S/C13H23ClN6O/c1-4-7-8-20(9-10(15)21)13-17-11(14)16-12(18-13)19(5-2)6-3/h4-9H2,1-3H3,(H2,15,21). The van der Waals surface area contributed by atoms with Crippen molar-refractivity contribution in [2.24, 2.45) is 5.73 Å². The highest BCUT2D eigenvalue weighted by Crippen LogP contribution is 2.17. The summed E-state index contributed by atoms with van der Waals surface area (Å²) in [5.41, 5.74) is 5.30. The number of rotatable bonds is 9. The van der Waals surface area contributed by atoms with Crippen molar-refractivity contribution >= 4 is 29.4 Å². The number of primary amides is 1. The smallest absolute Gasteiger partial charge is 0.237 e. The molecular weight excluding hydrogens is 292 g/mol. The Morgan fingerprint density at radius 3 is 2.14 bits per heavy atom. The molecule has 0 fully saturated rings. The molecule has 0 aliphatic rings. The zero-order chi connectivity index (χ0) is 15.8. The lowest BCUT2D eigenvalue weighted by Crippen LogP contribution is -2.36. The van der Waals surface area contributed by atoms with E-state index in [2.05, 4.69) is 21.9 Å². The van der Waals surface area contributed by atoms with Crippen LogP contribution in [0.3, 0.4) is 0 Å². The number of hydrogen-bond acceptors (Lipinski definition) is 6. The van der Waals surface area contributed by atoms with Gasteiger partial charge in [0.25, 0.3) is 0 Å². The first-order chi connectivity index (χ1) is 10.0. The van der Waals surface area contributed by atoms with Crippen LogP contribution in [0.5, 0.6) is 0 Å². The van der Waals surface area contributed by atoms with Gasteiger partial charge in [-0.05, 0) is 31.9 Å². The lowest BCUT2D eigenvalue weighted by molar-refractivity contribution is -0.116. The second kappa shape index (κ2) is 8.61. The molecule has 0 aliphatic heterocycles. The minimum atomic E-state index is -0.424. The molecule has 0 saturated heterocycles. The van der Waals surface area contributed by atoms with Crippen LogP contribution in [0.2, 0.25) is 5.28 Å². The molecule has 1 aromatic rings. The number of amides is 1. The normalized spacial score (nSPS) is 10.5. The number of anilines is 2. The van der Waals surface area contributed by atoms with E-state index >= 15 is 0 Å². The Kier molecular flexibility index (Phi) is 7.14. The minimum Gasteiger partial charge on any atom is -0.368 e. The zero-order valence-corrected chi connectivity index (χ0v) is 13.6. The summed E-state index contributed by atoms with van der Waals surface area (Å²) in [5, 5.41) is 0.118. The number of nitrogens with zero attached hydrogens (tertiary/aromatic N) is 5. The molecule has 0 atom stereocenters. The molecular formula is C13H23ClN6O. The molecule has 0 saturated carbocycles. The van der Waals surface area contributed by atoms with Crippen LogP contribution >= 0.6 is 11.6 Å². The van der Waals surface area contributed by atoms with E-state index in [9.17, 15) is 4.79 Å². The highest BCUT2D eigenvalue weighted by molar-refractivity contribution is 6.28. The Balaban J connectivity index is 3.08. The van der Waals surface area contributed by atoms with E-state index in [-0.39, 0.29) is 11.8 Å². The van der Waals surface area contributed by atoms with Crippen LogP contribution in [-0.4, -0.2) is 47.0 Å². The molecule has 0 bridgehead atoms. The molecule has 7 nitrogen and oxygen atoms in total. The maximum Gasteiger partial charge on any atom is 0.237 e. The van der Waals surface area contributed by atoms with Gasteiger partial charge in [-0.1, -0.05) is 13.3 Å². The lowest BCUT2D eigenvalue weighted by Gasteiger charge is -2.23. The van der Waals surface area contributed by atoms with Crippen molar-refractivity contribution in [3.8, 4) is 0 Å². The Morgan fingerprint density at radius 1 is 1.10 bits per heavy atom. The number of carbonyl (C=O) groups excluding carboxylic acids is 1. The lowest BCUT2D eigenvalue weighted by atomic mass is 10.3. The second-order valence-corrected chi connectivity index (χ2v) is 4.96. The monoisotopic (exact) mass is 314 g/mol. The fourth-order valence-corrected chi connectivity index (χ4v) is 2.06. The molecule has 0 radical (unpaired) electrons. The molecule has 0 aromatic carbocycles. The van der Waals surface area contributed by atoms with Crippen LogP contribution < -0.4 is 15.5 Å². The van der Waals surface area contributed by atoms with Crippen molar-refractivity contribution in [1.82, 2.24) is 15.0 Å². The van der Waals surface area contributed by atoms with E-state index < -0.39 is 5.91 Å². The van der Waals surface area contributed by atoms with E-state index in [0.717, 1.165) is 25.9 Å². The molecule has 0 spiro atoms. The highest BCUT2D eigenvalue weighted by Gasteiger charge is 2.16. The predicted molar refractivity (Wildman–Crippen MR) is 84.7 cm³/mol. The van der Waals surface area contributed by atoms with Gasteiger partial charge < -0.3 is 15.5 Å². The SMILES string of the molecule is CCCCN(CC(N)=O)c1nc(Cl)nc(N(CC)CC)n1. The third kappa shape index (κ3) is 5.34. The van der Waals surface area contributed by atoms with Crippen LogP contribution in [0, 0.1) is 0 Å². The molecule has 1 rings (SSSR count). The number of hydrogen-bond donors (Lipinski definition) is 1.